The first-order chi connectivity index (χ1) is 16.6. The van der Waals surface area contributed by atoms with Crippen molar-refractivity contribution in [2.24, 2.45) is 0 Å². The van der Waals surface area contributed by atoms with Gasteiger partial charge in [-0.1, -0.05) is 42.5 Å². The van der Waals surface area contributed by atoms with E-state index in [1.54, 1.807) is 42.5 Å². The van der Waals surface area contributed by atoms with Crippen molar-refractivity contribution in [2.45, 2.75) is 0 Å². The quantitative estimate of drug-likeness (QED) is 0.312. The van der Waals surface area contributed by atoms with Gasteiger partial charge in [0.25, 0.3) is 11.8 Å². The number of hydrogen-bond donors (Lipinski definition) is 3. The van der Waals surface area contributed by atoms with E-state index >= 15 is 0 Å². The predicted molar refractivity (Wildman–Crippen MR) is 131 cm³/mol. The van der Waals surface area contributed by atoms with Crippen LogP contribution in [0.25, 0.3) is 0 Å². The van der Waals surface area contributed by atoms with Gasteiger partial charge in [0.1, 0.15) is 11.6 Å². The zero-order chi connectivity index (χ0) is 23.8. The fourth-order valence-corrected chi connectivity index (χ4v) is 3.20. The summed E-state index contributed by atoms with van der Waals surface area (Å²) in [5.74, 6) is -1.22. The zero-order valence-corrected chi connectivity index (χ0v) is 18.1. The summed E-state index contributed by atoms with van der Waals surface area (Å²) in [5, 5.41) is 8.55. The molecule has 0 spiro atoms. The van der Waals surface area contributed by atoms with Gasteiger partial charge in [0.2, 0.25) is 0 Å². The van der Waals surface area contributed by atoms with Crippen LogP contribution in [0, 0.1) is 5.82 Å². The zero-order valence-electron chi connectivity index (χ0n) is 18.1. The van der Waals surface area contributed by atoms with Crippen LogP contribution in [0.15, 0.2) is 103 Å². The second kappa shape index (κ2) is 10.8. The first-order valence-corrected chi connectivity index (χ1v) is 10.6. The highest BCUT2D eigenvalue weighted by Gasteiger charge is 2.14. The van der Waals surface area contributed by atoms with Crippen LogP contribution in [0.5, 0.6) is 5.75 Å². The lowest BCUT2D eigenvalue weighted by Gasteiger charge is -2.13. The molecule has 0 aliphatic carbocycles. The maximum absolute atomic E-state index is 13.7. The fraction of sp³-hybridized carbons (Fsp3) is 0.0370. The van der Waals surface area contributed by atoms with E-state index in [9.17, 15) is 14.0 Å². The maximum Gasteiger partial charge on any atom is 0.262 e. The lowest BCUT2D eigenvalue weighted by Crippen LogP contribution is -2.22. The molecule has 4 aromatic rings. The lowest BCUT2D eigenvalue weighted by atomic mass is 10.1. The summed E-state index contributed by atoms with van der Waals surface area (Å²) in [6, 6.07) is 29.5. The van der Waals surface area contributed by atoms with Gasteiger partial charge in [-0.3, -0.25) is 9.59 Å². The first kappa shape index (κ1) is 22.5. The Morgan fingerprint density at radius 2 is 1.29 bits per heavy atom. The molecule has 0 heterocycles. The van der Waals surface area contributed by atoms with Crippen molar-refractivity contribution in [1.29, 1.82) is 0 Å². The minimum absolute atomic E-state index is 0.0623. The summed E-state index contributed by atoms with van der Waals surface area (Å²) in [5.41, 5.74) is 2.79. The van der Waals surface area contributed by atoms with Crippen molar-refractivity contribution in [2.75, 3.05) is 22.6 Å². The fourth-order valence-electron chi connectivity index (χ4n) is 3.20. The Morgan fingerprint density at radius 1 is 0.676 bits per heavy atom. The van der Waals surface area contributed by atoms with Crippen molar-refractivity contribution >= 4 is 34.6 Å². The number of benzene rings is 4. The van der Waals surface area contributed by atoms with Gasteiger partial charge < -0.3 is 20.7 Å². The van der Waals surface area contributed by atoms with E-state index in [1.807, 2.05) is 42.5 Å². The Morgan fingerprint density at radius 3 is 2.06 bits per heavy atom. The van der Waals surface area contributed by atoms with Gasteiger partial charge in [0, 0.05) is 17.1 Å². The number of anilines is 4. The van der Waals surface area contributed by atoms with Crippen LogP contribution in [0.2, 0.25) is 0 Å². The predicted octanol–water partition coefficient (Wildman–Crippen LogP) is 5.84. The molecule has 0 atom stereocenters. The molecule has 170 valence electrons. The molecule has 0 aliphatic heterocycles. The Bertz CT molecular complexity index is 1280. The number of carbonyl (C=O) groups is 2. The Balaban J connectivity index is 1.36. The molecule has 0 fully saturated rings. The van der Waals surface area contributed by atoms with Crippen LogP contribution in [-0.4, -0.2) is 18.4 Å². The normalized spacial score (nSPS) is 10.3. The molecule has 34 heavy (non-hydrogen) atoms. The molecule has 6 nitrogen and oxygen atoms in total. The second-order valence-corrected chi connectivity index (χ2v) is 7.34. The molecule has 0 saturated heterocycles. The molecule has 0 bridgehead atoms. The number of nitrogens with one attached hydrogen (secondary N) is 3. The van der Waals surface area contributed by atoms with Crippen LogP contribution < -0.4 is 20.7 Å². The molecule has 0 aliphatic rings. The standard InChI is InChI=1S/C27H22FN3O3/c28-23-11-5-6-12-24(23)31-26(32)18-34-25-13-7-4-10-22(25)27(33)30-21-16-14-20(15-17-21)29-19-8-2-1-3-9-19/h1-17,29H,18H2,(H,30,33)(H,31,32). The number of ether oxygens (including phenoxy) is 1. The van der Waals surface area contributed by atoms with Gasteiger partial charge in [0.05, 0.1) is 11.3 Å². The van der Waals surface area contributed by atoms with Crippen LogP contribution in [0.1, 0.15) is 10.4 Å². The minimum atomic E-state index is -0.541. The summed E-state index contributed by atoms with van der Waals surface area (Å²) < 4.78 is 19.3. The van der Waals surface area contributed by atoms with Crippen LogP contribution in [0.3, 0.4) is 0 Å². The van der Waals surface area contributed by atoms with E-state index in [0.29, 0.717) is 5.69 Å². The number of rotatable bonds is 8. The van der Waals surface area contributed by atoms with E-state index in [-0.39, 0.29) is 29.5 Å². The molecular weight excluding hydrogens is 433 g/mol. The highest BCUT2D eigenvalue weighted by atomic mass is 19.1. The van der Waals surface area contributed by atoms with Gasteiger partial charge in [-0.15, -0.1) is 0 Å². The van der Waals surface area contributed by atoms with Gasteiger partial charge in [0.15, 0.2) is 6.61 Å². The molecule has 7 heteroatoms. The highest BCUT2D eigenvalue weighted by molar-refractivity contribution is 6.06. The Kier molecular flexibility index (Phi) is 7.15. The summed E-state index contributed by atoms with van der Waals surface area (Å²) in [4.78, 5) is 25.0. The molecule has 4 rings (SSSR count). The third-order valence-corrected chi connectivity index (χ3v) is 4.84. The van der Waals surface area contributed by atoms with Crippen molar-refractivity contribution in [3.63, 3.8) is 0 Å². The van der Waals surface area contributed by atoms with E-state index in [4.69, 9.17) is 4.74 Å². The SMILES string of the molecule is O=C(COc1ccccc1C(=O)Nc1ccc(Nc2ccccc2)cc1)Nc1ccccc1F. The Labute approximate surface area is 196 Å². The first-order valence-electron chi connectivity index (χ1n) is 10.6. The maximum atomic E-state index is 13.7. The second-order valence-electron chi connectivity index (χ2n) is 7.34. The summed E-state index contributed by atoms with van der Waals surface area (Å²) >= 11 is 0. The van der Waals surface area contributed by atoms with Gasteiger partial charge >= 0.3 is 0 Å². The largest absolute Gasteiger partial charge is 0.483 e. The molecule has 3 N–H and O–H groups in total. The number of hydrogen-bond acceptors (Lipinski definition) is 4. The third-order valence-electron chi connectivity index (χ3n) is 4.84. The number of carbonyl (C=O) groups excluding carboxylic acids is 2. The molecule has 0 saturated carbocycles. The van der Waals surface area contributed by atoms with Crippen LogP contribution in [-0.2, 0) is 4.79 Å². The van der Waals surface area contributed by atoms with Crippen LogP contribution in [0.4, 0.5) is 27.1 Å². The van der Waals surface area contributed by atoms with Gasteiger partial charge in [-0.25, -0.2) is 4.39 Å². The monoisotopic (exact) mass is 455 g/mol. The van der Waals surface area contributed by atoms with Crippen molar-refractivity contribution < 1.29 is 18.7 Å². The average Bonchev–Trinajstić information content (AvgIpc) is 2.86. The van der Waals surface area contributed by atoms with E-state index in [2.05, 4.69) is 16.0 Å². The average molecular weight is 455 g/mol. The topological polar surface area (TPSA) is 79.5 Å². The number of halogens is 1. The summed E-state index contributed by atoms with van der Waals surface area (Å²) in [6.45, 7) is -0.377. The molecule has 2 amide bonds. The summed E-state index contributed by atoms with van der Waals surface area (Å²) in [7, 11) is 0. The highest BCUT2D eigenvalue weighted by Crippen LogP contribution is 2.22. The Hall–Kier alpha value is -4.65. The van der Waals surface area contributed by atoms with Crippen molar-refractivity contribution in [3.8, 4) is 5.75 Å². The smallest absolute Gasteiger partial charge is 0.262 e. The van der Waals surface area contributed by atoms with Gasteiger partial charge in [-0.2, -0.15) is 0 Å². The van der Waals surface area contributed by atoms with E-state index < -0.39 is 11.7 Å². The van der Waals surface area contributed by atoms with Crippen molar-refractivity contribution in [3.05, 3.63) is 115 Å². The van der Waals surface area contributed by atoms with Crippen molar-refractivity contribution in [1.82, 2.24) is 0 Å². The third kappa shape index (κ3) is 5.98. The molecule has 4 aromatic carbocycles. The molecule has 0 radical (unpaired) electrons. The molecular formula is C27H22FN3O3. The lowest BCUT2D eigenvalue weighted by molar-refractivity contribution is -0.118. The number of para-hydroxylation sites is 3. The number of amides is 2. The molecule has 0 unspecified atom stereocenters. The summed E-state index contributed by atoms with van der Waals surface area (Å²) in [6.07, 6.45) is 0. The van der Waals surface area contributed by atoms with Crippen LogP contribution >= 0.6 is 0 Å². The minimum Gasteiger partial charge on any atom is -0.483 e. The molecule has 0 aromatic heterocycles. The van der Waals surface area contributed by atoms with E-state index in [0.717, 1.165) is 11.4 Å². The van der Waals surface area contributed by atoms with Gasteiger partial charge in [-0.05, 0) is 60.7 Å². The van der Waals surface area contributed by atoms with E-state index in [1.165, 1.54) is 18.2 Å².